The molecule has 0 amide bonds. The molecule has 3 nitrogen and oxygen atoms in total. The zero-order valence-corrected chi connectivity index (χ0v) is 11.8. The highest BCUT2D eigenvalue weighted by atomic mass is 19.1. The average Bonchev–Trinajstić information content (AvgIpc) is 2.96. The lowest BCUT2D eigenvalue weighted by atomic mass is 10.1. The summed E-state index contributed by atoms with van der Waals surface area (Å²) in [5, 5.41) is 4.12. The second-order valence-corrected chi connectivity index (χ2v) is 4.85. The molecule has 0 bridgehead atoms. The first-order valence-corrected chi connectivity index (χ1v) is 6.67. The van der Waals surface area contributed by atoms with Crippen LogP contribution >= 0.6 is 0 Å². The molecule has 0 aliphatic carbocycles. The van der Waals surface area contributed by atoms with E-state index in [1.807, 2.05) is 30.3 Å². The topological polar surface area (TPSA) is 34.9 Å². The second kappa shape index (κ2) is 5.52. The Morgan fingerprint density at radius 3 is 2.50 bits per heavy atom. The molecule has 1 aromatic heterocycles. The van der Waals surface area contributed by atoms with E-state index in [1.54, 1.807) is 0 Å². The summed E-state index contributed by atoms with van der Waals surface area (Å²) in [7, 11) is 0. The molecule has 0 saturated heterocycles. The number of nitrogens with zero attached hydrogens (tertiary/aromatic N) is 2. The Hall–Kier alpha value is -2.82. The monoisotopic (exact) mass is 298 g/mol. The van der Waals surface area contributed by atoms with Gasteiger partial charge in [0.2, 0.25) is 0 Å². The predicted molar refractivity (Wildman–Crippen MR) is 78.9 cm³/mol. The van der Waals surface area contributed by atoms with Crippen LogP contribution < -0.4 is 0 Å². The van der Waals surface area contributed by atoms with Gasteiger partial charge in [0.25, 0.3) is 0 Å². The Morgan fingerprint density at radius 1 is 1.09 bits per heavy atom. The molecule has 3 aromatic rings. The van der Waals surface area contributed by atoms with Gasteiger partial charge in [-0.25, -0.2) is 13.5 Å². The molecule has 0 radical (unpaired) electrons. The van der Waals surface area contributed by atoms with Crippen molar-refractivity contribution in [2.45, 2.75) is 6.92 Å². The number of carbonyl (C=O) groups excluding carboxylic acids is 1. The molecule has 22 heavy (non-hydrogen) atoms. The van der Waals surface area contributed by atoms with Gasteiger partial charge >= 0.3 is 0 Å². The van der Waals surface area contributed by atoms with Gasteiger partial charge in [-0.15, -0.1) is 0 Å². The lowest BCUT2D eigenvalue weighted by Crippen LogP contribution is -2.02. The minimum Gasteiger partial charge on any atom is -0.293 e. The van der Waals surface area contributed by atoms with Crippen LogP contribution in [-0.4, -0.2) is 15.6 Å². The molecule has 0 aliphatic rings. The summed E-state index contributed by atoms with van der Waals surface area (Å²) in [5.41, 5.74) is 1.55. The summed E-state index contributed by atoms with van der Waals surface area (Å²) in [6, 6.07) is 12.3. The third-order valence-electron chi connectivity index (χ3n) is 3.29. The lowest BCUT2D eigenvalue weighted by molar-refractivity contribution is 0.101. The molecule has 0 fully saturated rings. The molecule has 0 spiro atoms. The van der Waals surface area contributed by atoms with Crippen LogP contribution in [0, 0.1) is 11.6 Å². The van der Waals surface area contributed by atoms with Crippen LogP contribution in [0.25, 0.3) is 16.8 Å². The summed E-state index contributed by atoms with van der Waals surface area (Å²) in [6.45, 7) is 1.39. The largest absolute Gasteiger partial charge is 0.293 e. The smallest absolute Gasteiger partial charge is 0.180 e. The normalized spacial score (nSPS) is 10.7. The Balaban J connectivity index is 2.19. The number of halogens is 2. The maximum Gasteiger partial charge on any atom is 0.180 e. The van der Waals surface area contributed by atoms with Crippen LogP contribution in [0.5, 0.6) is 0 Å². The van der Waals surface area contributed by atoms with E-state index < -0.39 is 11.6 Å². The minimum atomic E-state index is -0.612. The number of benzene rings is 2. The number of hydrogen-bond donors (Lipinski definition) is 0. The molecule has 0 atom stereocenters. The third kappa shape index (κ3) is 2.53. The number of carbonyl (C=O) groups is 1. The van der Waals surface area contributed by atoms with Crippen molar-refractivity contribution < 1.29 is 13.6 Å². The van der Waals surface area contributed by atoms with E-state index in [0.717, 1.165) is 23.8 Å². The highest BCUT2D eigenvalue weighted by Crippen LogP contribution is 2.25. The summed E-state index contributed by atoms with van der Waals surface area (Å²) in [6.07, 6.45) is 1.53. The van der Waals surface area contributed by atoms with Crippen LogP contribution in [0.2, 0.25) is 0 Å². The Kier molecular flexibility index (Phi) is 3.55. The summed E-state index contributed by atoms with van der Waals surface area (Å²) in [4.78, 5) is 11.8. The first kappa shape index (κ1) is 14.1. The number of hydrogen-bond acceptors (Lipinski definition) is 2. The van der Waals surface area contributed by atoms with Gasteiger partial charge in [-0.05, 0) is 17.7 Å². The van der Waals surface area contributed by atoms with Crippen molar-refractivity contribution in [1.29, 1.82) is 0 Å². The fourth-order valence-electron chi connectivity index (χ4n) is 2.25. The van der Waals surface area contributed by atoms with Crippen LogP contribution in [0.4, 0.5) is 8.78 Å². The molecule has 110 valence electrons. The molecular weight excluding hydrogens is 286 g/mol. The maximum atomic E-state index is 13.9. The number of ketones is 1. The number of aromatic nitrogens is 2. The minimum absolute atomic E-state index is 0.0373. The van der Waals surface area contributed by atoms with Crippen molar-refractivity contribution in [2.24, 2.45) is 0 Å². The number of rotatable bonds is 3. The molecule has 0 aliphatic heterocycles. The SMILES string of the molecule is CC(=O)c1nn(-c2cc(F)ccc2F)cc1-c1ccccc1. The van der Waals surface area contributed by atoms with E-state index in [-0.39, 0.29) is 17.2 Å². The van der Waals surface area contributed by atoms with Crippen molar-refractivity contribution in [3.05, 3.63) is 72.1 Å². The van der Waals surface area contributed by atoms with E-state index in [4.69, 9.17) is 0 Å². The quantitative estimate of drug-likeness (QED) is 0.684. The van der Waals surface area contributed by atoms with Gasteiger partial charge in [0, 0.05) is 24.8 Å². The maximum absolute atomic E-state index is 13.9. The van der Waals surface area contributed by atoms with Gasteiger partial charge in [0.15, 0.2) is 5.78 Å². The molecular formula is C17H12F2N2O. The van der Waals surface area contributed by atoms with E-state index in [1.165, 1.54) is 17.8 Å². The Labute approximate surface area is 125 Å². The zero-order chi connectivity index (χ0) is 15.7. The first-order chi connectivity index (χ1) is 10.6. The lowest BCUT2D eigenvalue weighted by Gasteiger charge is -2.02. The van der Waals surface area contributed by atoms with Gasteiger partial charge in [-0.2, -0.15) is 5.10 Å². The molecule has 0 saturated carbocycles. The molecule has 3 rings (SSSR count). The molecule has 5 heteroatoms. The molecule has 1 heterocycles. The summed E-state index contributed by atoms with van der Waals surface area (Å²) < 4.78 is 28.4. The van der Waals surface area contributed by atoms with Gasteiger partial charge in [0.1, 0.15) is 23.0 Å². The first-order valence-electron chi connectivity index (χ1n) is 6.67. The van der Waals surface area contributed by atoms with Crippen molar-refractivity contribution in [3.8, 4) is 16.8 Å². The van der Waals surface area contributed by atoms with Crippen molar-refractivity contribution in [2.75, 3.05) is 0 Å². The Morgan fingerprint density at radius 2 is 1.82 bits per heavy atom. The highest BCUT2D eigenvalue weighted by Gasteiger charge is 2.17. The van der Waals surface area contributed by atoms with Crippen molar-refractivity contribution in [1.82, 2.24) is 9.78 Å². The van der Waals surface area contributed by atoms with Gasteiger partial charge in [-0.1, -0.05) is 30.3 Å². The highest BCUT2D eigenvalue weighted by molar-refractivity contribution is 5.98. The predicted octanol–water partition coefficient (Wildman–Crippen LogP) is 4.02. The standard InChI is InChI=1S/C17H12F2N2O/c1-11(22)17-14(12-5-3-2-4-6-12)10-21(20-17)16-9-13(18)7-8-15(16)19/h2-10H,1H3. The fraction of sp³-hybridized carbons (Fsp3) is 0.0588. The van der Waals surface area contributed by atoms with E-state index >= 15 is 0 Å². The van der Waals surface area contributed by atoms with Crippen LogP contribution in [-0.2, 0) is 0 Å². The molecule has 0 unspecified atom stereocenters. The van der Waals surface area contributed by atoms with Crippen LogP contribution in [0.1, 0.15) is 17.4 Å². The summed E-state index contributed by atoms with van der Waals surface area (Å²) >= 11 is 0. The molecule has 2 aromatic carbocycles. The molecule has 0 N–H and O–H groups in total. The van der Waals surface area contributed by atoms with E-state index in [9.17, 15) is 13.6 Å². The van der Waals surface area contributed by atoms with Crippen molar-refractivity contribution >= 4 is 5.78 Å². The fourth-order valence-corrected chi connectivity index (χ4v) is 2.25. The second-order valence-electron chi connectivity index (χ2n) is 4.85. The average molecular weight is 298 g/mol. The third-order valence-corrected chi connectivity index (χ3v) is 3.29. The summed E-state index contributed by atoms with van der Waals surface area (Å²) in [5.74, 6) is -1.43. The van der Waals surface area contributed by atoms with E-state index in [0.29, 0.717) is 5.56 Å². The van der Waals surface area contributed by atoms with Gasteiger partial charge < -0.3 is 0 Å². The van der Waals surface area contributed by atoms with Gasteiger partial charge in [0.05, 0.1) is 0 Å². The van der Waals surface area contributed by atoms with Crippen LogP contribution in [0.3, 0.4) is 0 Å². The zero-order valence-electron chi connectivity index (χ0n) is 11.8. The van der Waals surface area contributed by atoms with E-state index in [2.05, 4.69) is 5.10 Å². The van der Waals surface area contributed by atoms with Crippen molar-refractivity contribution in [3.63, 3.8) is 0 Å². The van der Waals surface area contributed by atoms with Gasteiger partial charge in [-0.3, -0.25) is 4.79 Å². The van der Waals surface area contributed by atoms with Crippen LogP contribution in [0.15, 0.2) is 54.7 Å². The Bertz CT molecular complexity index is 841. The number of Topliss-reactive ketones (excluding diaryl/α,β-unsaturated/α-hetero) is 1.